The fourth-order valence-electron chi connectivity index (χ4n) is 5.90. The number of aliphatic hydroxyl groups excluding tert-OH is 1. The maximum absolute atomic E-state index is 12.8. The summed E-state index contributed by atoms with van der Waals surface area (Å²) in [4.78, 5) is 25.4. The van der Waals surface area contributed by atoms with Gasteiger partial charge in [-0.2, -0.15) is 0 Å². The molecule has 4 N–H and O–H groups in total. The molecule has 5 rings (SSSR count). The Labute approximate surface area is 218 Å². The summed E-state index contributed by atoms with van der Waals surface area (Å²) >= 11 is 0. The van der Waals surface area contributed by atoms with E-state index < -0.39 is 6.10 Å². The van der Waals surface area contributed by atoms with Gasteiger partial charge in [0.1, 0.15) is 18.0 Å². The fourth-order valence-corrected chi connectivity index (χ4v) is 5.90. The van der Waals surface area contributed by atoms with Crippen LogP contribution in [0.3, 0.4) is 0 Å². The Balaban J connectivity index is 1.22. The predicted octanol–water partition coefficient (Wildman–Crippen LogP) is 4.40. The molecule has 2 fully saturated rings. The zero-order valence-corrected chi connectivity index (χ0v) is 21.3. The van der Waals surface area contributed by atoms with E-state index in [0.717, 1.165) is 42.6 Å². The van der Waals surface area contributed by atoms with Crippen LogP contribution < -0.4 is 20.7 Å². The number of benzene rings is 2. The SMILES string of the molecule is C[C@H](NC(=O)C[C@H]1C[C@H]2c3cc(NC(=O)NC4CCCCC4)ccc3O[C@H]2[C@H](CO)O1)c1ccccc1. The van der Waals surface area contributed by atoms with Crippen molar-refractivity contribution in [1.82, 2.24) is 10.6 Å². The third kappa shape index (κ3) is 6.08. The van der Waals surface area contributed by atoms with E-state index in [9.17, 15) is 14.7 Å². The highest BCUT2D eigenvalue weighted by Crippen LogP contribution is 2.47. The highest BCUT2D eigenvalue weighted by atomic mass is 16.6. The van der Waals surface area contributed by atoms with E-state index in [1.807, 2.05) is 55.5 Å². The zero-order chi connectivity index (χ0) is 25.8. The summed E-state index contributed by atoms with van der Waals surface area (Å²) in [6.07, 6.45) is 5.20. The summed E-state index contributed by atoms with van der Waals surface area (Å²) in [6.45, 7) is 1.77. The van der Waals surface area contributed by atoms with Crippen LogP contribution in [0.1, 0.15) is 75.0 Å². The molecule has 1 saturated heterocycles. The molecular formula is C29H37N3O5. The molecule has 198 valence electrons. The summed E-state index contributed by atoms with van der Waals surface area (Å²) in [5.41, 5.74) is 2.72. The van der Waals surface area contributed by atoms with Crippen LogP contribution in [-0.2, 0) is 9.53 Å². The predicted molar refractivity (Wildman–Crippen MR) is 141 cm³/mol. The van der Waals surface area contributed by atoms with E-state index in [0.29, 0.717) is 12.1 Å². The number of carbonyl (C=O) groups excluding carboxylic acids is 2. The average Bonchev–Trinajstić information content (AvgIpc) is 3.27. The lowest BCUT2D eigenvalue weighted by Crippen LogP contribution is -2.47. The van der Waals surface area contributed by atoms with Crippen LogP contribution in [0, 0.1) is 0 Å². The number of aliphatic hydroxyl groups is 1. The lowest BCUT2D eigenvalue weighted by Gasteiger charge is -2.37. The van der Waals surface area contributed by atoms with Crippen molar-refractivity contribution >= 4 is 17.6 Å². The van der Waals surface area contributed by atoms with Gasteiger partial charge in [0.15, 0.2) is 0 Å². The maximum Gasteiger partial charge on any atom is 0.319 e. The van der Waals surface area contributed by atoms with Crippen LogP contribution in [0.2, 0.25) is 0 Å². The Hall–Kier alpha value is -3.10. The number of anilines is 1. The lowest BCUT2D eigenvalue weighted by molar-refractivity contribution is -0.142. The quantitative estimate of drug-likeness (QED) is 0.444. The first kappa shape index (κ1) is 25.5. The van der Waals surface area contributed by atoms with Gasteiger partial charge in [-0.3, -0.25) is 4.79 Å². The second-order valence-corrected chi connectivity index (χ2v) is 10.5. The topological polar surface area (TPSA) is 109 Å². The van der Waals surface area contributed by atoms with Crippen LogP contribution in [0.5, 0.6) is 5.75 Å². The van der Waals surface area contributed by atoms with E-state index in [1.54, 1.807) is 0 Å². The van der Waals surface area contributed by atoms with Gasteiger partial charge in [0.2, 0.25) is 5.91 Å². The van der Waals surface area contributed by atoms with Crippen molar-refractivity contribution in [1.29, 1.82) is 0 Å². The molecule has 8 heteroatoms. The molecule has 5 atom stereocenters. The molecule has 2 aromatic rings. The van der Waals surface area contributed by atoms with E-state index in [1.165, 1.54) is 6.42 Å². The number of fused-ring (bicyclic) bond motifs is 3. The highest BCUT2D eigenvalue weighted by molar-refractivity contribution is 5.89. The number of ether oxygens (including phenoxy) is 2. The van der Waals surface area contributed by atoms with E-state index in [4.69, 9.17) is 9.47 Å². The van der Waals surface area contributed by atoms with Crippen LogP contribution in [-0.4, -0.2) is 48.0 Å². The monoisotopic (exact) mass is 507 g/mol. The lowest BCUT2D eigenvalue weighted by atomic mass is 9.84. The Morgan fingerprint density at radius 3 is 2.62 bits per heavy atom. The first-order valence-electron chi connectivity index (χ1n) is 13.5. The van der Waals surface area contributed by atoms with Gasteiger partial charge in [-0.15, -0.1) is 0 Å². The number of nitrogens with one attached hydrogen (secondary N) is 3. The Bertz CT molecular complexity index is 1090. The van der Waals surface area contributed by atoms with Crippen LogP contribution in [0.15, 0.2) is 48.5 Å². The molecule has 0 unspecified atom stereocenters. The summed E-state index contributed by atoms with van der Waals surface area (Å²) in [5.74, 6) is 0.608. The molecular weight excluding hydrogens is 470 g/mol. The van der Waals surface area contributed by atoms with Crippen molar-refractivity contribution in [3.63, 3.8) is 0 Å². The number of carbonyl (C=O) groups is 2. The molecule has 3 amide bonds. The van der Waals surface area contributed by atoms with Crippen LogP contribution >= 0.6 is 0 Å². The number of urea groups is 1. The Morgan fingerprint density at radius 2 is 1.86 bits per heavy atom. The van der Waals surface area contributed by atoms with Crippen molar-refractivity contribution in [2.24, 2.45) is 0 Å². The molecule has 37 heavy (non-hydrogen) atoms. The molecule has 1 saturated carbocycles. The molecule has 0 radical (unpaired) electrons. The van der Waals surface area contributed by atoms with Crippen molar-refractivity contribution < 1.29 is 24.2 Å². The molecule has 0 spiro atoms. The van der Waals surface area contributed by atoms with Gasteiger partial charge in [0.25, 0.3) is 0 Å². The molecule has 3 aliphatic rings. The van der Waals surface area contributed by atoms with Gasteiger partial charge in [0.05, 0.1) is 25.2 Å². The molecule has 0 aromatic heterocycles. The van der Waals surface area contributed by atoms with Gasteiger partial charge >= 0.3 is 6.03 Å². The highest BCUT2D eigenvalue weighted by Gasteiger charge is 2.46. The summed E-state index contributed by atoms with van der Waals surface area (Å²) in [5, 5.41) is 19.1. The zero-order valence-electron chi connectivity index (χ0n) is 21.3. The minimum absolute atomic E-state index is 0.0339. The number of amides is 3. The summed E-state index contributed by atoms with van der Waals surface area (Å²) in [7, 11) is 0. The summed E-state index contributed by atoms with van der Waals surface area (Å²) in [6, 6.07) is 15.4. The van der Waals surface area contributed by atoms with Crippen molar-refractivity contribution in [3.05, 3.63) is 59.7 Å². The van der Waals surface area contributed by atoms with E-state index in [2.05, 4.69) is 16.0 Å². The molecule has 1 aliphatic carbocycles. The van der Waals surface area contributed by atoms with Crippen LogP contribution in [0.25, 0.3) is 0 Å². The van der Waals surface area contributed by atoms with Gasteiger partial charge in [-0.1, -0.05) is 49.6 Å². The number of hydrogen-bond acceptors (Lipinski definition) is 5. The fraction of sp³-hybridized carbons (Fsp3) is 0.517. The molecule has 8 nitrogen and oxygen atoms in total. The smallest absolute Gasteiger partial charge is 0.319 e. The molecule has 2 heterocycles. The van der Waals surface area contributed by atoms with Crippen molar-refractivity contribution in [3.8, 4) is 5.75 Å². The number of rotatable bonds is 7. The average molecular weight is 508 g/mol. The molecule has 0 bridgehead atoms. The largest absolute Gasteiger partial charge is 0.487 e. The normalized spacial score (nSPS) is 25.8. The standard InChI is InChI=1S/C29H37N3O5/c1-18(19-8-4-2-5-9-19)30-27(34)16-22-15-24-23-14-21(32-29(35)31-20-10-6-3-7-11-20)12-13-25(23)37-28(24)26(17-33)36-22/h2,4-5,8-9,12-14,18,20,22,24,26,28,33H,3,6-7,10-11,15-17H2,1H3,(H,30,34)(H2,31,32,35)/t18-,22+,24-,26-,28+/m0/s1. The second-order valence-electron chi connectivity index (χ2n) is 10.5. The Morgan fingerprint density at radius 1 is 1.08 bits per heavy atom. The first-order valence-corrected chi connectivity index (χ1v) is 13.5. The maximum atomic E-state index is 12.8. The van der Waals surface area contributed by atoms with Crippen LogP contribution in [0.4, 0.5) is 10.5 Å². The van der Waals surface area contributed by atoms with Gasteiger partial charge in [0, 0.05) is 23.2 Å². The van der Waals surface area contributed by atoms with E-state index >= 15 is 0 Å². The molecule has 2 aromatic carbocycles. The number of hydrogen-bond donors (Lipinski definition) is 4. The van der Waals surface area contributed by atoms with Crippen molar-refractivity contribution in [2.45, 2.75) is 88.2 Å². The third-order valence-corrected chi connectivity index (χ3v) is 7.79. The minimum atomic E-state index is -0.526. The van der Waals surface area contributed by atoms with Gasteiger partial charge in [-0.05, 0) is 49.9 Å². The Kier molecular flexibility index (Phi) is 7.96. The van der Waals surface area contributed by atoms with E-state index in [-0.39, 0.29) is 55.2 Å². The van der Waals surface area contributed by atoms with Crippen molar-refractivity contribution in [2.75, 3.05) is 11.9 Å². The third-order valence-electron chi connectivity index (χ3n) is 7.79. The van der Waals surface area contributed by atoms with Gasteiger partial charge in [-0.25, -0.2) is 4.79 Å². The first-order chi connectivity index (χ1) is 18.0. The van der Waals surface area contributed by atoms with Gasteiger partial charge < -0.3 is 30.5 Å². The summed E-state index contributed by atoms with van der Waals surface area (Å²) < 4.78 is 12.3. The second kappa shape index (κ2) is 11.5. The minimum Gasteiger partial charge on any atom is -0.487 e. The molecule has 2 aliphatic heterocycles.